The number of halogens is 2. The summed E-state index contributed by atoms with van der Waals surface area (Å²) in [4.78, 5) is 13.8. The molecule has 19 heavy (non-hydrogen) atoms. The first-order valence-electron chi connectivity index (χ1n) is 6.22. The molecule has 0 radical (unpaired) electrons. The number of nitrogens with zero attached hydrogens (tertiary/aromatic N) is 1. The van der Waals surface area contributed by atoms with Gasteiger partial charge in [-0.05, 0) is 37.0 Å². The Morgan fingerprint density at radius 3 is 2.89 bits per heavy atom. The molecule has 6 heteroatoms. The summed E-state index contributed by atoms with van der Waals surface area (Å²) in [5, 5.41) is 12.8. The fraction of sp³-hybridized carbons (Fsp3) is 0.462. The van der Waals surface area contributed by atoms with Gasteiger partial charge in [0.25, 0.3) is 0 Å². The normalized spacial score (nSPS) is 19.3. The van der Waals surface area contributed by atoms with Crippen LogP contribution >= 0.6 is 23.2 Å². The van der Waals surface area contributed by atoms with Crippen molar-refractivity contribution in [2.45, 2.75) is 12.8 Å². The molecule has 2 amide bonds. The van der Waals surface area contributed by atoms with Crippen molar-refractivity contribution in [3.63, 3.8) is 0 Å². The summed E-state index contributed by atoms with van der Waals surface area (Å²) < 4.78 is 0. The van der Waals surface area contributed by atoms with Crippen LogP contribution in [0, 0.1) is 5.92 Å². The molecule has 4 nitrogen and oxygen atoms in total. The highest BCUT2D eigenvalue weighted by Gasteiger charge is 2.23. The van der Waals surface area contributed by atoms with Crippen molar-refractivity contribution < 1.29 is 9.90 Å². The Bertz CT molecular complexity index is 468. The van der Waals surface area contributed by atoms with E-state index in [0.717, 1.165) is 12.8 Å². The van der Waals surface area contributed by atoms with Gasteiger partial charge in [0.1, 0.15) is 0 Å². The topological polar surface area (TPSA) is 52.6 Å². The van der Waals surface area contributed by atoms with E-state index in [4.69, 9.17) is 28.3 Å². The van der Waals surface area contributed by atoms with Crippen molar-refractivity contribution in [3.8, 4) is 0 Å². The van der Waals surface area contributed by atoms with Crippen LogP contribution in [-0.2, 0) is 0 Å². The highest BCUT2D eigenvalue weighted by Crippen LogP contribution is 2.25. The number of amides is 2. The third-order valence-electron chi connectivity index (χ3n) is 3.24. The Balaban J connectivity index is 1.98. The molecule has 104 valence electrons. The van der Waals surface area contributed by atoms with Gasteiger partial charge in [-0.2, -0.15) is 0 Å². The number of aliphatic hydroxyl groups is 1. The van der Waals surface area contributed by atoms with Gasteiger partial charge in [0, 0.05) is 25.4 Å². The zero-order valence-electron chi connectivity index (χ0n) is 10.4. The lowest BCUT2D eigenvalue weighted by molar-refractivity contribution is 0.136. The molecule has 2 rings (SSSR count). The molecule has 1 heterocycles. The van der Waals surface area contributed by atoms with E-state index in [2.05, 4.69) is 5.32 Å². The Morgan fingerprint density at radius 2 is 2.21 bits per heavy atom. The molecule has 1 saturated heterocycles. The second-order valence-electron chi connectivity index (χ2n) is 4.70. The van der Waals surface area contributed by atoms with Crippen molar-refractivity contribution in [1.82, 2.24) is 4.90 Å². The monoisotopic (exact) mass is 302 g/mol. The minimum Gasteiger partial charge on any atom is -0.396 e. The molecule has 1 fully saturated rings. The molecule has 0 spiro atoms. The maximum Gasteiger partial charge on any atom is 0.321 e. The number of nitrogens with one attached hydrogen (secondary N) is 1. The van der Waals surface area contributed by atoms with Crippen LogP contribution in [-0.4, -0.2) is 35.7 Å². The van der Waals surface area contributed by atoms with Crippen LogP contribution in [0.15, 0.2) is 18.2 Å². The average molecular weight is 303 g/mol. The standard InChI is InChI=1S/C13H16Cl2N2O2/c14-11-4-3-10(6-12(11)15)16-13(19)17-5-1-2-9(7-17)8-18/h3-4,6,9,18H,1-2,5,7-8H2,(H,16,19)/t9-/m0/s1. The molecule has 0 unspecified atom stereocenters. The van der Waals surface area contributed by atoms with Crippen molar-refractivity contribution in [1.29, 1.82) is 0 Å². The number of carbonyl (C=O) groups is 1. The first kappa shape index (κ1) is 14.4. The number of anilines is 1. The van der Waals surface area contributed by atoms with Crippen molar-refractivity contribution >= 4 is 34.9 Å². The average Bonchev–Trinajstić information content (AvgIpc) is 2.43. The molecular weight excluding hydrogens is 287 g/mol. The first-order valence-corrected chi connectivity index (χ1v) is 6.97. The van der Waals surface area contributed by atoms with Crippen LogP contribution in [0.2, 0.25) is 10.0 Å². The van der Waals surface area contributed by atoms with Crippen LogP contribution in [0.4, 0.5) is 10.5 Å². The molecular formula is C13H16Cl2N2O2. The van der Waals surface area contributed by atoms with Gasteiger partial charge in [0.2, 0.25) is 0 Å². The van der Waals surface area contributed by atoms with Crippen LogP contribution < -0.4 is 5.32 Å². The van der Waals surface area contributed by atoms with Crippen molar-refractivity contribution in [3.05, 3.63) is 28.2 Å². The van der Waals surface area contributed by atoms with E-state index in [0.29, 0.717) is 28.8 Å². The maximum atomic E-state index is 12.1. The van der Waals surface area contributed by atoms with Gasteiger partial charge in [-0.1, -0.05) is 23.2 Å². The lowest BCUT2D eigenvalue weighted by atomic mass is 9.99. The van der Waals surface area contributed by atoms with Crippen LogP contribution in [0.5, 0.6) is 0 Å². The predicted octanol–water partition coefficient (Wildman–Crippen LogP) is 3.23. The summed E-state index contributed by atoms with van der Waals surface area (Å²) in [5.74, 6) is 0.174. The van der Waals surface area contributed by atoms with Gasteiger partial charge < -0.3 is 15.3 Å². The third-order valence-corrected chi connectivity index (χ3v) is 3.97. The summed E-state index contributed by atoms with van der Waals surface area (Å²) >= 11 is 11.7. The van der Waals surface area contributed by atoms with E-state index < -0.39 is 0 Å². The lowest BCUT2D eigenvalue weighted by Crippen LogP contribution is -2.43. The Morgan fingerprint density at radius 1 is 1.42 bits per heavy atom. The van der Waals surface area contributed by atoms with Crippen LogP contribution in [0.25, 0.3) is 0 Å². The van der Waals surface area contributed by atoms with Gasteiger partial charge in [0.15, 0.2) is 0 Å². The van der Waals surface area contributed by atoms with Gasteiger partial charge in [-0.3, -0.25) is 0 Å². The number of aliphatic hydroxyl groups excluding tert-OH is 1. The molecule has 1 aromatic carbocycles. The van der Waals surface area contributed by atoms with Crippen molar-refractivity contribution in [2.24, 2.45) is 5.92 Å². The van der Waals surface area contributed by atoms with Crippen LogP contribution in [0.1, 0.15) is 12.8 Å². The summed E-state index contributed by atoms with van der Waals surface area (Å²) in [6.45, 7) is 1.42. The first-order chi connectivity index (χ1) is 9.10. The predicted molar refractivity (Wildman–Crippen MR) is 76.9 cm³/mol. The summed E-state index contributed by atoms with van der Waals surface area (Å²) in [5.41, 5.74) is 0.616. The van der Waals surface area contributed by atoms with E-state index in [1.807, 2.05) is 0 Å². The van der Waals surface area contributed by atoms with Crippen LogP contribution in [0.3, 0.4) is 0 Å². The zero-order valence-corrected chi connectivity index (χ0v) is 11.9. The highest BCUT2D eigenvalue weighted by atomic mass is 35.5. The highest BCUT2D eigenvalue weighted by molar-refractivity contribution is 6.42. The van der Waals surface area contributed by atoms with E-state index in [1.165, 1.54) is 0 Å². The molecule has 2 N–H and O–H groups in total. The SMILES string of the molecule is O=C(Nc1ccc(Cl)c(Cl)c1)N1CCC[C@H](CO)C1. The lowest BCUT2D eigenvalue weighted by Gasteiger charge is -2.31. The summed E-state index contributed by atoms with van der Waals surface area (Å²) in [7, 11) is 0. The Kier molecular flexibility index (Phi) is 4.91. The molecule has 1 aliphatic rings. The van der Waals surface area contributed by atoms with Gasteiger partial charge >= 0.3 is 6.03 Å². The minimum atomic E-state index is -0.170. The largest absolute Gasteiger partial charge is 0.396 e. The third kappa shape index (κ3) is 3.75. The van der Waals surface area contributed by atoms with E-state index in [-0.39, 0.29) is 18.6 Å². The minimum absolute atomic E-state index is 0.122. The Labute approximate surface area is 122 Å². The second-order valence-corrected chi connectivity index (χ2v) is 5.51. The number of hydrogen-bond acceptors (Lipinski definition) is 2. The molecule has 0 aliphatic carbocycles. The van der Waals surface area contributed by atoms with E-state index in [9.17, 15) is 4.79 Å². The number of urea groups is 1. The number of hydrogen-bond donors (Lipinski definition) is 2. The number of carbonyl (C=O) groups excluding carboxylic acids is 1. The van der Waals surface area contributed by atoms with Gasteiger partial charge in [0.05, 0.1) is 10.0 Å². The molecule has 1 aliphatic heterocycles. The van der Waals surface area contributed by atoms with Gasteiger partial charge in [-0.15, -0.1) is 0 Å². The molecule has 0 bridgehead atoms. The molecule has 0 aromatic heterocycles. The Hall–Kier alpha value is -0.970. The van der Waals surface area contributed by atoms with E-state index in [1.54, 1.807) is 23.1 Å². The fourth-order valence-electron chi connectivity index (χ4n) is 2.17. The smallest absolute Gasteiger partial charge is 0.321 e. The van der Waals surface area contributed by atoms with Crippen molar-refractivity contribution in [2.75, 3.05) is 25.0 Å². The fourth-order valence-corrected chi connectivity index (χ4v) is 2.47. The zero-order chi connectivity index (χ0) is 13.8. The number of rotatable bonds is 2. The maximum absolute atomic E-state index is 12.1. The number of piperidine rings is 1. The number of likely N-dealkylation sites (tertiary alicyclic amines) is 1. The molecule has 0 saturated carbocycles. The summed E-state index contributed by atoms with van der Waals surface area (Å²) in [6.07, 6.45) is 1.88. The quantitative estimate of drug-likeness (QED) is 0.881. The van der Waals surface area contributed by atoms with E-state index >= 15 is 0 Å². The second kappa shape index (κ2) is 6.46. The summed E-state index contributed by atoms with van der Waals surface area (Å²) in [6, 6.07) is 4.80. The molecule has 1 atom stereocenters. The number of benzene rings is 1. The van der Waals surface area contributed by atoms with Gasteiger partial charge in [-0.25, -0.2) is 4.79 Å². The molecule has 1 aromatic rings.